The molecule has 2 heterocycles. The molecule has 1 N–H and O–H groups in total. The van der Waals surface area contributed by atoms with E-state index < -0.39 is 17.7 Å². The van der Waals surface area contributed by atoms with Crippen molar-refractivity contribution in [3.05, 3.63) is 94.1 Å². The molecule has 0 radical (unpaired) electrons. The Bertz CT molecular complexity index is 1140. The van der Waals surface area contributed by atoms with Crippen LogP contribution in [0.3, 0.4) is 0 Å². The van der Waals surface area contributed by atoms with Gasteiger partial charge in [-0.1, -0.05) is 30.3 Å². The van der Waals surface area contributed by atoms with Crippen molar-refractivity contribution in [3.8, 4) is 5.75 Å². The van der Waals surface area contributed by atoms with Crippen LogP contribution in [0.25, 0.3) is 5.76 Å². The summed E-state index contributed by atoms with van der Waals surface area (Å²) in [6.45, 7) is 2.40. The van der Waals surface area contributed by atoms with Crippen LogP contribution in [0.1, 0.15) is 24.1 Å². The lowest BCUT2D eigenvalue weighted by atomic mass is 9.95. The van der Waals surface area contributed by atoms with Crippen LogP contribution in [0, 0.1) is 0 Å². The molecule has 1 atom stereocenters. The highest BCUT2D eigenvalue weighted by Crippen LogP contribution is 2.41. The van der Waals surface area contributed by atoms with Crippen LogP contribution in [-0.2, 0) is 9.59 Å². The molecule has 1 amide bonds. The SMILES string of the molecule is CCOc1ccc(/C(O)=C2/C(=O)C(=O)N(c3ccc(Br)cn3)C2c2ccccc2)cc1. The number of Topliss-reactive ketones (excluding diaryl/α,β-unsaturated/α-hetero) is 1. The van der Waals surface area contributed by atoms with E-state index in [0.717, 1.165) is 4.47 Å². The molecule has 2 aromatic carbocycles. The van der Waals surface area contributed by atoms with Crippen LogP contribution < -0.4 is 9.64 Å². The highest BCUT2D eigenvalue weighted by molar-refractivity contribution is 9.10. The second-order valence-corrected chi connectivity index (χ2v) is 7.79. The summed E-state index contributed by atoms with van der Waals surface area (Å²) >= 11 is 3.33. The Balaban J connectivity index is 1.87. The molecule has 4 rings (SSSR count). The van der Waals surface area contributed by atoms with Crippen molar-refractivity contribution in [1.82, 2.24) is 4.98 Å². The number of hydrogen-bond acceptors (Lipinski definition) is 5. The fourth-order valence-electron chi connectivity index (χ4n) is 3.56. The normalized spacial score (nSPS) is 17.7. The summed E-state index contributed by atoms with van der Waals surface area (Å²) in [5, 5.41) is 11.1. The van der Waals surface area contributed by atoms with Gasteiger partial charge in [0, 0.05) is 16.2 Å². The summed E-state index contributed by atoms with van der Waals surface area (Å²) in [7, 11) is 0. The van der Waals surface area contributed by atoms with Gasteiger partial charge < -0.3 is 9.84 Å². The lowest BCUT2D eigenvalue weighted by Crippen LogP contribution is -2.30. The first kappa shape index (κ1) is 20.8. The van der Waals surface area contributed by atoms with Crippen LogP contribution in [0.5, 0.6) is 5.75 Å². The van der Waals surface area contributed by atoms with Crippen LogP contribution in [0.2, 0.25) is 0 Å². The molecule has 31 heavy (non-hydrogen) atoms. The summed E-state index contributed by atoms with van der Waals surface area (Å²) in [4.78, 5) is 31.7. The number of ketones is 1. The minimum absolute atomic E-state index is 0.0186. The minimum atomic E-state index is -0.804. The first-order valence-electron chi connectivity index (χ1n) is 9.72. The fourth-order valence-corrected chi connectivity index (χ4v) is 3.80. The van der Waals surface area contributed by atoms with Crippen molar-refractivity contribution in [3.63, 3.8) is 0 Å². The average molecular weight is 479 g/mol. The zero-order chi connectivity index (χ0) is 22.0. The molecule has 3 aromatic rings. The smallest absolute Gasteiger partial charge is 0.301 e. The second kappa shape index (κ2) is 8.73. The predicted molar refractivity (Wildman–Crippen MR) is 121 cm³/mol. The third kappa shape index (κ3) is 3.96. The molecule has 6 nitrogen and oxygen atoms in total. The third-order valence-electron chi connectivity index (χ3n) is 4.96. The maximum absolute atomic E-state index is 13.1. The van der Waals surface area contributed by atoms with Crippen molar-refractivity contribution in [2.24, 2.45) is 0 Å². The Kier molecular flexibility index (Phi) is 5.86. The number of pyridine rings is 1. The van der Waals surface area contributed by atoms with E-state index in [1.54, 1.807) is 42.6 Å². The maximum atomic E-state index is 13.1. The number of rotatable bonds is 5. The van der Waals surface area contributed by atoms with Crippen LogP contribution in [0.4, 0.5) is 5.82 Å². The number of amides is 1. The summed E-state index contributed by atoms with van der Waals surface area (Å²) in [5.41, 5.74) is 1.13. The third-order valence-corrected chi connectivity index (χ3v) is 5.43. The molecule has 1 unspecified atom stereocenters. The lowest BCUT2D eigenvalue weighted by Gasteiger charge is -2.24. The molecule has 0 bridgehead atoms. The van der Waals surface area contributed by atoms with Crippen molar-refractivity contribution < 1.29 is 19.4 Å². The van der Waals surface area contributed by atoms with Crippen molar-refractivity contribution in [2.45, 2.75) is 13.0 Å². The molecule has 0 spiro atoms. The van der Waals surface area contributed by atoms with E-state index in [4.69, 9.17) is 4.74 Å². The van der Waals surface area contributed by atoms with E-state index in [-0.39, 0.29) is 11.3 Å². The average Bonchev–Trinajstić information content (AvgIpc) is 3.06. The number of anilines is 1. The summed E-state index contributed by atoms with van der Waals surface area (Å²) in [5.74, 6) is -0.765. The van der Waals surface area contributed by atoms with Crippen molar-refractivity contribution in [1.29, 1.82) is 0 Å². The highest BCUT2D eigenvalue weighted by Gasteiger charge is 2.47. The Labute approximate surface area is 187 Å². The number of benzene rings is 2. The molecular weight excluding hydrogens is 460 g/mol. The first-order valence-corrected chi connectivity index (χ1v) is 10.5. The molecule has 1 fully saturated rings. The predicted octanol–water partition coefficient (Wildman–Crippen LogP) is 4.87. The number of ether oxygens (including phenoxy) is 1. The quantitative estimate of drug-likeness (QED) is 0.321. The molecular formula is C24H19BrN2O4. The number of carbonyl (C=O) groups is 2. The van der Waals surface area contributed by atoms with Crippen molar-refractivity contribution >= 4 is 39.2 Å². The molecule has 0 aliphatic carbocycles. The van der Waals surface area contributed by atoms with Gasteiger partial charge in [-0.2, -0.15) is 0 Å². The minimum Gasteiger partial charge on any atom is -0.507 e. The summed E-state index contributed by atoms with van der Waals surface area (Å²) in [6.07, 6.45) is 1.56. The first-order chi connectivity index (χ1) is 15.0. The number of aliphatic hydroxyl groups is 1. The van der Waals surface area contributed by atoms with Gasteiger partial charge in [0.1, 0.15) is 17.3 Å². The van der Waals surface area contributed by atoms with Gasteiger partial charge >= 0.3 is 5.91 Å². The number of aliphatic hydroxyl groups excluding tert-OH is 1. The van der Waals surface area contributed by atoms with E-state index in [0.29, 0.717) is 29.3 Å². The molecule has 156 valence electrons. The standard InChI is InChI=1S/C24H19BrN2O4/c1-2-31-18-11-8-16(9-12-18)22(28)20-21(15-6-4-3-5-7-15)27(24(30)23(20)29)19-13-10-17(25)14-26-19/h3-14,21,28H,2H2,1H3/b22-20-. The van der Waals surface area contributed by atoms with E-state index in [1.165, 1.54) is 4.90 Å². The van der Waals surface area contributed by atoms with E-state index in [2.05, 4.69) is 20.9 Å². The lowest BCUT2D eigenvalue weighted by molar-refractivity contribution is -0.132. The van der Waals surface area contributed by atoms with Gasteiger partial charge in [0.2, 0.25) is 0 Å². The monoisotopic (exact) mass is 478 g/mol. The highest BCUT2D eigenvalue weighted by atomic mass is 79.9. The van der Waals surface area contributed by atoms with Gasteiger partial charge in [-0.25, -0.2) is 4.98 Å². The Hall–Kier alpha value is -3.45. The number of nitrogens with zero attached hydrogens (tertiary/aromatic N) is 2. The zero-order valence-corrected chi connectivity index (χ0v) is 18.2. The van der Waals surface area contributed by atoms with Gasteiger partial charge in [0.25, 0.3) is 5.78 Å². The Morgan fingerprint density at radius 2 is 1.77 bits per heavy atom. The van der Waals surface area contributed by atoms with E-state index in [9.17, 15) is 14.7 Å². The van der Waals surface area contributed by atoms with E-state index >= 15 is 0 Å². The molecule has 1 aliphatic heterocycles. The fraction of sp³-hybridized carbons (Fsp3) is 0.125. The number of hydrogen-bond donors (Lipinski definition) is 1. The van der Waals surface area contributed by atoms with Gasteiger partial charge in [-0.15, -0.1) is 0 Å². The molecule has 0 saturated carbocycles. The molecule has 1 aliphatic rings. The second-order valence-electron chi connectivity index (χ2n) is 6.87. The largest absolute Gasteiger partial charge is 0.507 e. The Morgan fingerprint density at radius 1 is 1.06 bits per heavy atom. The Morgan fingerprint density at radius 3 is 2.39 bits per heavy atom. The molecule has 7 heteroatoms. The number of carbonyl (C=O) groups excluding carboxylic acids is 2. The molecule has 1 saturated heterocycles. The van der Waals surface area contributed by atoms with Gasteiger partial charge in [-0.05, 0) is 64.8 Å². The maximum Gasteiger partial charge on any atom is 0.301 e. The van der Waals surface area contributed by atoms with Crippen molar-refractivity contribution in [2.75, 3.05) is 11.5 Å². The topological polar surface area (TPSA) is 79.7 Å². The van der Waals surface area contributed by atoms with E-state index in [1.807, 2.05) is 37.3 Å². The molecule has 1 aromatic heterocycles. The van der Waals surface area contributed by atoms with Crippen LogP contribution in [-0.4, -0.2) is 28.4 Å². The van der Waals surface area contributed by atoms with Gasteiger partial charge in [0.15, 0.2) is 0 Å². The number of aromatic nitrogens is 1. The summed E-state index contributed by atoms with van der Waals surface area (Å²) in [6, 6.07) is 18.5. The van der Waals surface area contributed by atoms with Gasteiger partial charge in [-0.3, -0.25) is 14.5 Å². The van der Waals surface area contributed by atoms with Gasteiger partial charge in [0.05, 0.1) is 18.2 Å². The summed E-state index contributed by atoms with van der Waals surface area (Å²) < 4.78 is 6.19. The van der Waals surface area contributed by atoms with Crippen LogP contribution >= 0.6 is 15.9 Å². The zero-order valence-electron chi connectivity index (χ0n) is 16.7. The van der Waals surface area contributed by atoms with Crippen LogP contribution in [0.15, 0.2) is 83.0 Å². The number of halogens is 1.